The second-order valence-corrected chi connectivity index (χ2v) is 10.1. The number of hydrogen-bond donors (Lipinski definition) is 1. The van der Waals surface area contributed by atoms with Gasteiger partial charge in [-0.2, -0.15) is 0 Å². The molecule has 0 radical (unpaired) electrons. The molecule has 1 aromatic carbocycles. The number of carbonyl (C=O) groups is 1. The minimum absolute atomic E-state index is 0.0865. The van der Waals surface area contributed by atoms with Gasteiger partial charge in [0.15, 0.2) is 10.4 Å². The summed E-state index contributed by atoms with van der Waals surface area (Å²) in [6.45, 7) is 12.8. The van der Waals surface area contributed by atoms with Gasteiger partial charge < -0.3 is 4.74 Å². The number of carbonyl (C=O) groups excluding carboxylic acids is 1. The van der Waals surface area contributed by atoms with E-state index in [9.17, 15) is 4.79 Å². The number of amides is 1. The Bertz CT molecular complexity index is 736. The van der Waals surface area contributed by atoms with Crippen LogP contribution in [0, 0.1) is 5.92 Å². The lowest BCUT2D eigenvalue weighted by Crippen LogP contribution is -2.32. The molecule has 1 aromatic heterocycles. The van der Waals surface area contributed by atoms with Gasteiger partial charge in [-0.05, 0) is 35.4 Å². The summed E-state index contributed by atoms with van der Waals surface area (Å²) < 4.78 is 6.76. The van der Waals surface area contributed by atoms with Crippen LogP contribution in [0.3, 0.4) is 0 Å². The van der Waals surface area contributed by atoms with Crippen molar-refractivity contribution in [3.63, 3.8) is 0 Å². The van der Waals surface area contributed by atoms with Gasteiger partial charge in [-0.3, -0.25) is 10.1 Å². The molecule has 0 aliphatic carbocycles. The zero-order valence-corrected chi connectivity index (χ0v) is 18.5. The first-order chi connectivity index (χ1) is 12.7. The molecule has 7 heteroatoms. The second kappa shape index (κ2) is 9.55. The summed E-state index contributed by atoms with van der Waals surface area (Å²) >= 11 is 3.05. The molecule has 2 aromatic rings. The highest BCUT2D eigenvalue weighted by Gasteiger charge is 2.21. The molecule has 0 unspecified atom stereocenters. The zero-order valence-electron chi connectivity index (χ0n) is 16.9. The van der Waals surface area contributed by atoms with E-state index < -0.39 is 6.10 Å². The Morgan fingerprint density at radius 3 is 2.44 bits per heavy atom. The zero-order chi connectivity index (χ0) is 20.0. The minimum atomic E-state index is -0.568. The fourth-order valence-corrected chi connectivity index (χ4v) is 3.99. The van der Waals surface area contributed by atoms with E-state index in [1.54, 1.807) is 11.8 Å². The largest absolute Gasteiger partial charge is 0.481 e. The molecule has 0 spiro atoms. The average Bonchev–Trinajstić information content (AvgIpc) is 3.04. The van der Waals surface area contributed by atoms with Crippen molar-refractivity contribution in [3.8, 4) is 5.75 Å². The van der Waals surface area contributed by atoms with Crippen molar-refractivity contribution in [1.82, 2.24) is 10.2 Å². The molecule has 0 saturated heterocycles. The normalized spacial score (nSPS) is 12.9. The predicted octanol–water partition coefficient (Wildman–Crippen LogP) is 5.38. The summed E-state index contributed by atoms with van der Waals surface area (Å²) in [7, 11) is 0. The Kier molecular flexibility index (Phi) is 7.68. The van der Waals surface area contributed by atoms with Crippen molar-refractivity contribution < 1.29 is 9.53 Å². The lowest BCUT2D eigenvalue weighted by atomic mass is 9.87. The molecule has 1 N–H and O–H groups in total. The maximum absolute atomic E-state index is 12.5. The van der Waals surface area contributed by atoms with E-state index in [4.69, 9.17) is 4.74 Å². The van der Waals surface area contributed by atoms with E-state index in [-0.39, 0.29) is 11.3 Å². The summed E-state index contributed by atoms with van der Waals surface area (Å²) in [6, 6.07) is 7.93. The Labute approximate surface area is 170 Å². The van der Waals surface area contributed by atoms with Crippen molar-refractivity contribution >= 4 is 34.1 Å². The lowest BCUT2D eigenvalue weighted by Gasteiger charge is -2.20. The molecule has 1 atom stereocenters. The van der Waals surface area contributed by atoms with E-state index in [2.05, 4.69) is 50.1 Å². The van der Waals surface area contributed by atoms with Gasteiger partial charge >= 0.3 is 0 Å². The van der Waals surface area contributed by atoms with Crippen LogP contribution in [-0.2, 0) is 10.2 Å². The number of nitrogens with zero attached hydrogens (tertiary/aromatic N) is 2. The SMILES string of the molecule is CC[C@@H](Oc1ccc(C(C)(C)C)cc1)C(=O)Nc1nnc(SCC(C)C)s1. The second-order valence-electron chi connectivity index (χ2n) is 7.86. The summed E-state index contributed by atoms with van der Waals surface area (Å²) in [5.74, 6) is 2.05. The van der Waals surface area contributed by atoms with Gasteiger partial charge in [-0.25, -0.2) is 0 Å². The fraction of sp³-hybridized carbons (Fsp3) is 0.550. The van der Waals surface area contributed by atoms with Crippen molar-refractivity contribution in [2.45, 2.75) is 63.8 Å². The smallest absolute Gasteiger partial charge is 0.267 e. The van der Waals surface area contributed by atoms with Gasteiger partial charge in [-0.15, -0.1) is 10.2 Å². The standard InChI is InChI=1S/C20H29N3O2S2/c1-7-16(25-15-10-8-14(9-11-15)20(4,5)6)17(24)21-18-22-23-19(27-18)26-12-13(2)3/h8-11,13,16H,7,12H2,1-6H3,(H,21,22,24)/t16-/m1/s1. The Hall–Kier alpha value is -1.60. The van der Waals surface area contributed by atoms with Crippen LogP contribution in [0.2, 0.25) is 0 Å². The molecule has 0 aliphatic heterocycles. The molecular weight excluding hydrogens is 378 g/mol. The fourth-order valence-electron chi connectivity index (χ4n) is 2.26. The summed E-state index contributed by atoms with van der Waals surface area (Å²) in [6.07, 6.45) is 0.00168. The summed E-state index contributed by atoms with van der Waals surface area (Å²) in [5.41, 5.74) is 1.32. The molecule has 2 rings (SSSR count). The highest BCUT2D eigenvalue weighted by molar-refractivity contribution is 8.01. The van der Waals surface area contributed by atoms with Gasteiger partial charge in [0.1, 0.15) is 5.75 Å². The third-order valence-electron chi connectivity index (χ3n) is 3.84. The van der Waals surface area contributed by atoms with Gasteiger partial charge in [0.2, 0.25) is 5.13 Å². The summed E-state index contributed by atoms with van der Waals surface area (Å²) in [4.78, 5) is 12.5. The lowest BCUT2D eigenvalue weighted by molar-refractivity contribution is -0.122. The van der Waals surface area contributed by atoms with Crippen molar-refractivity contribution in [1.29, 1.82) is 0 Å². The summed E-state index contributed by atoms with van der Waals surface area (Å²) in [5, 5.41) is 11.5. The first-order valence-corrected chi connectivity index (χ1v) is 11.0. The van der Waals surface area contributed by atoms with Crippen LogP contribution < -0.4 is 10.1 Å². The van der Waals surface area contributed by atoms with Crippen molar-refractivity contribution in [2.24, 2.45) is 5.92 Å². The maximum atomic E-state index is 12.5. The number of rotatable bonds is 8. The van der Waals surface area contributed by atoms with E-state index in [1.165, 1.54) is 16.9 Å². The van der Waals surface area contributed by atoms with Crippen LogP contribution in [0.4, 0.5) is 5.13 Å². The first-order valence-electron chi connectivity index (χ1n) is 9.23. The number of nitrogens with one attached hydrogen (secondary N) is 1. The van der Waals surface area contributed by atoms with Crippen LogP contribution in [0.1, 0.15) is 53.5 Å². The Morgan fingerprint density at radius 2 is 1.89 bits per heavy atom. The number of thioether (sulfide) groups is 1. The minimum Gasteiger partial charge on any atom is -0.481 e. The highest BCUT2D eigenvalue weighted by atomic mass is 32.2. The van der Waals surface area contributed by atoms with Gasteiger partial charge in [-0.1, -0.05) is 76.8 Å². The van der Waals surface area contributed by atoms with Gasteiger partial charge in [0, 0.05) is 5.75 Å². The van der Waals surface area contributed by atoms with E-state index in [1.807, 2.05) is 31.2 Å². The molecule has 5 nitrogen and oxygen atoms in total. The Morgan fingerprint density at radius 1 is 1.22 bits per heavy atom. The van der Waals surface area contributed by atoms with Crippen LogP contribution in [-0.4, -0.2) is 28.0 Å². The third kappa shape index (κ3) is 6.81. The maximum Gasteiger partial charge on any atom is 0.267 e. The van der Waals surface area contributed by atoms with E-state index in [0.29, 0.717) is 23.2 Å². The molecule has 1 amide bonds. The van der Waals surface area contributed by atoms with Crippen LogP contribution >= 0.6 is 23.1 Å². The molecular formula is C20H29N3O2S2. The number of aromatic nitrogens is 2. The Balaban J connectivity index is 1.95. The first kappa shape index (κ1) is 21.7. The molecule has 0 fully saturated rings. The molecule has 0 aliphatic rings. The predicted molar refractivity (Wildman–Crippen MR) is 114 cm³/mol. The number of benzene rings is 1. The molecule has 27 heavy (non-hydrogen) atoms. The van der Waals surface area contributed by atoms with E-state index in [0.717, 1.165) is 10.1 Å². The van der Waals surface area contributed by atoms with Crippen molar-refractivity contribution in [3.05, 3.63) is 29.8 Å². The van der Waals surface area contributed by atoms with E-state index >= 15 is 0 Å². The highest BCUT2D eigenvalue weighted by Crippen LogP contribution is 2.28. The molecule has 0 saturated carbocycles. The molecule has 0 bridgehead atoms. The molecule has 1 heterocycles. The number of hydrogen-bond acceptors (Lipinski definition) is 6. The third-order valence-corrected chi connectivity index (χ3v) is 6.24. The topological polar surface area (TPSA) is 64.1 Å². The number of anilines is 1. The van der Waals surface area contributed by atoms with Crippen molar-refractivity contribution in [2.75, 3.05) is 11.1 Å². The van der Waals surface area contributed by atoms with Gasteiger partial charge in [0.05, 0.1) is 0 Å². The van der Waals surface area contributed by atoms with Crippen LogP contribution in [0.5, 0.6) is 5.75 Å². The average molecular weight is 408 g/mol. The monoisotopic (exact) mass is 407 g/mol. The number of ether oxygens (including phenoxy) is 1. The van der Waals surface area contributed by atoms with Gasteiger partial charge in [0.25, 0.3) is 5.91 Å². The van der Waals surface area contributed by atoms with Crippen LogP contribution in [0.25, 0.3) is 0 Å². The quantitative estimate of drug-likeness (QED) is 0.470. The molecule has 148 valence electrons. The van der Waals surface area contributed by atoms with Crippen LogP contribution in [0.15, 0.2) is 28.6 Å².